The Bertz CT molecular complexity index is 641. The standard InChI is InChI=1S/C17H20FN3O/c1-12(2)21(3)17(22)14-9-7-13(8-10-14)11-19-16-6-4-5-15(18)20-16/h4-10,12H,11H2,1-3H3,(H,19,20). The van der Waals surface area contributed by atoms with Crippen LogP contribution in [0.2, 0.25) is 0 Å². The molecule has 5 heteroatoms. The lowest BCUT2D eigenvalue weighted by molar-refractivity contribution is 0.0755. The number of aromatic nitrogens is 1. The maximum atomic E-state index is 13.0. The minimum Gasteiger partial charge on any atom is -0.366 e. The number of carbonyl (C=O) groups is 1. The first kappa shape index (κ1) is 15.9. The summed E-state index contributed by atoms with van der Waals surface area (Å²) in [5.74, 6) is -0.0244. The van der Waals surface area contributed by atoms with E-state index in [1.54, 1.807) is 36.2 Å². The number of halogens is 1. The summed E-state index contributed by atoms with van der Waals surface area (Å²) in [6.45, 7) is 4.47. The predicted molar refractivity (Wildman–Crippen MR) is 85.2 cm³/mol. The number of amides is 1. The molecule has 4 nitrogen and oxygen atoms in total. The van der Waals surface area contributed by atoms with E-state index >= 15 is 0 Å². The Labute approximate surface area is 130 Å². The number of anilines is 1. The molecule has 0 fully saturated rings. The topological polar surface area (TPSA) is 45.2 Å². The first-order valence-electron chi connectivity index (χ1n) is 7.20. The molecule has 2 aromatic rings. The molecule has 0 atom stereocenters. The number of nitrogens with one attached hydrogen (secondary N) is 1. The summed E-state index contributed by atoms with van der Waals surface area (Å²) in [6, 6.07) is 12.1. The van der Waals surface area contributed by atoms with E-state index in [9.17, 15) is 9.18 Å². The van der Waals surface area contributed by atoms with Gasteiger partial charge in [-0.1, -0.05) is 18.2 Å². The van der Waals surface area contributed by atoms with Gasteiger partial charge in [0, 0.05) is 25.2 Å². The van der Waals surface area contributed by atoms with Crippen LogP contribution in [0.3, 0.4) is 0 Å². The fourth-order valence-electron chi connectivity index (χ4n) is 1.90. The smallest absolute Gasteiger partial charge is 0.253 e. The lowest BCUT2D eigenvalue weighted by atomic mass is 10.1. The number of nitrogens with zero attached hydrogens (tertiary/aromatic N) is 2. The van der Waals surface area contributed by atoms with E-state index in [-0.39, 0.29) is 11.9 Å². The molecular formula is C17H20FN3O. The lowest BCUT2D eigenvalue weighted by Gasteiger charge is -2.21. The molecular weight excluding hydrogens is 281 g/mol. The first-order valence-corrected chi connectivity index (χ1v) is 7.20. The second-order valence-corrected chi connectivity index (χ2v) is 5.41. The van der Waals surface area contributed by atoms with Crippen molar-refractivity contribution in [2.24, 2.45) is 0 Å². The number of hydrogen-bond acceptors (Lipinski definition) is 3. The molecule has 0 aliphatic rings. The molecule has 0 aliphatic heterocycles. The number of hydrogen-bond donors (Lipinski definition) is 1. The molecule has 0 saturated carbocycles. The third kappa shape index (κ3) is 4.04. The third-order valence-electron chi connectivity index (χ3n) is 3.48. The van der Waals surface area contributed by atoms with Gasteiger partial charge in [-0.15, -0.1) is 0 Å². The number of benzene rings is 1. The molecule has 2 rings (SSSR count). The fourth-order valence-corrected chi connectivity index (χ4v) is 1.90. The molecule has 1 N–H and O–H groups in total. The number of carbonyl (C=O) groups excluding carboxylic acids is 1. The number of rotatable bonds is 5. The largest absolute Gasteiger partial charge is 0.366 e. The monoisotopic (exact) mass is 301 g/mol. The van der Waals surface area contributed by atoms with Crippen molar-refractivity contribution in [1.82, 2.24) is 9.88 Å². The zero-order valence-electron chi connectivity index (χ0n) is 13.0. The highest BCUT2D eigenvalue weighted by molar-refractivity contribution is 5.94. The Balaban J connectivity index is 1.99. The molecule has 0 spiro atoms. The van der Waals surface area contributed by atoms with E-state index in [1.165, 1.54) is 6.07 Å². The minimum absolute atomic E-state index is 0.00121. The van der Waals surface area contributed by atoms with E-state index in [1.807, 2.05) is 26.0 Å². The maximum Gasteiger partial charge on any atom is 0.253 e. The molecule has 0 saturated heterocycles. The first-order chi connectivity index (χ1) is 10.5. The Morgan fingerprint density at radius 3 is 2.50 bits per heavy atom. The van der Waals surface area contributed by atoms with E-state index in [4.69, 9.17) is 0 Å². The highest BCUT2D eigenvalue weighted by Crippen LogP contribution is 2.11. The van der Waals surface area contributed by atoms with Crippen molar-refractivity contribution in [3.63, 3.8) is 0 Å². The van der Waals surface area contributed by atoms with Gasteiger partial charge in [0.1, 0.15) is 5.82 Å². The van der Waals surface area contributed by atoms with E-state index in [0.29, 0.717) is 17.9 Å². The molecule has 22 heavy (non-hydrogen) atoms. The fraction of sp³-hybridized carbons (Fsp3) is 0.294. The molecule has 1 aromatic carbocycles. The van der Waals surface area contributed by atoms with Gasteiger partial charge in [0.05, 0.1) is 0 Å². The minimum atomic E-state index is -0.511. The summed E-state index contributed by atoms with van der Waals surface area (Å²) in [6.07, 6.45) is 0. The van der Waals surface area contributed by atoms with Crippen molar-refractivity contribution in [3.8, 4) is 0 Å². The summed E-state index contributed by atoms with van der Waals surface area (Å²) in [5.41, 5.74) is 1.65. The quantitative estimate of drug-likeness (QED) is 0.862. The second kappa shape index (κ2) is 7.02. The van der Waals surface area contributed by atoms with Gasteiger partial charge in [-0.25, -0.2) is 4.98 Å². The highest BCUT2D eigenvalue weighted by Gasteiger charge is 2.13. The van der Waals surface area contributed by atoms with Gasteiger partial charge in [0.15, 0.2) is 0 Å². The van der Waals surface area contributed by atoms with Crippen molar-refractivity contribution in [2.45, 2.75) is 26.4 Å². The van der Waals surface area contributed by atoms with Crippen molar-refractivity contribution in [2.75, 3.05) is 12.4 Å². The van der Waals surface area contributed by atoms with Crippen LogP contribution in [0.5, 0.6) is 0 Å². The van der Waals surface area contributed by atoms with Gasteiger partial charge in [-0.05, 0) is 43.7 Å². The normalized spacial score (nSPS) is 10.6. The second-order valence-electron chi connectivity index (χ2n) is 5.41. The average Bonchev–Trinajstić information content (AvgIpc) is 2.52. The van der Waals surface area contributed by atoms with Gasteiger partial charge in [0.25, 0.3) is 5.91 Å². The average molecular weight is 301 g/mol. The molecule has 0 aliphatic carbocycles. The van der Waals surface area contributed by atoms with Crippen LogP contribution in [0.4, 0.5) is 10.2 Å². The summed E-state index contributed by atoms with van der Waals surface area (Å²) in [5, 5.41) is 3.04. The zero-order valence-corrected chi connectivity index (χ0v) is 13.0. The van der Waals surface area contributed by atoms with Crippen LogP contribution in [0.25, 0.3) is 0 Å². The Hall–Kier alpha value is -2.43. The van der Waals surface area contributed by atoms with Crippen LogP contribution < -0.4 is 5.32 Å². The van der Waals surface area contributed by atoms with Gasteiger partial charge in [-0.3, -0.25) is 4.79 Å². The Kier molecular flexibility index (Phi) is 5.09. The van der Waals surface area contributed by atoms with Crippen molar-refractivity contribution in [3.05, 3.63) is 59.5 Å². The summed E-state index contributed by atoms with van der Waals surface area (Å²) in [7, 11) is 1.79. The van der Waals surface area contributed by atoms with E-state index < -0.39 is 5.95 Å². The highest BCUT2D eigenvalue weighted by atomic mass is 19.1. The molecule has 0 unspecified atom stereocenters. The van der Waals surface area contributed by atoms with E-state index in [0.717, 1.165) is 5.56 Å². The molecule has 0 bridgehead atoms. The van der Waals surface area contributed by atoms with Gasteiger partial charge < -0.3 is 10.2 Å². The van der Waals surface area contributed by atoms with E-state index in [2.05, 4.69) is 10.3 Å². The van der Waals surface area contributed by atoms with Crippen LogP contribution in [-0.4, -0.2) is 28.9 Å². The van der Waals surface area contributed by atoms with Gasteiger partial charge in [0.2, 0.25) is 5.95 Å². The lowest BCUT2D eigenvalue weighted by Crippen LogP contribution is -2.32. The van der Waals surface area contributed by atoms with Crippen molar-refractivity contribution >= 4 is 11.7 Å². The third-order valence-corrected chi connectivity index (χ3v) is 3.48. The molecule has 116 valence electrons. The summed E-state index contributed by atoms with van der Waals surface area (Å²) < 4.78 is 13.0. The molecule has 1 heterocycles. The number of pyridine rings is 1. The molecule has 0 radical (unpaired) electrons. The van der Waals surface area contributed by atoms with Gasteiger partial charge >= 0.3 is 0 Å². The SMILES string of the molecule is CC(C)N(C)C(=O)c1ccc(CNc2cccc(F)n2)cc1. The van der Waals surface area contributed by atoms with Crippen molar-refractivity contribution in [1.29, 1.82) is 0 Å². The summed E-state index contributed by atoms with van der Waals surface area (Å²) >= 11 is 0. The molecule has 1 aromatic heterocycles. The maximum absolute atomic E-state index is 13.0. The van der Waals surface area contributed by atoms with Crippen LogP contribution in [-0.2, 0) is 6.54 Å². The van der Waals surface area contributed by atoms with Crippen LogP contribution in [0, 0.1) is 5.95 Å². The zero-order chi connectivity index (χ0) is 16.1. The van der Waals surface area contributed by atoms with Crippen LogP contribution in [0.15, 0.2) is 42.5 Å². The summed E-state index contributed by atoms with van der Waals surface area (Å²) in [4.78, 5) is 17.6. The Morgan fingerprint density at radius 1 is 1.23 bits per heavy atom. The molecule has 1 amide bonds. The Morgan fingerprint density at radius 2 is 1.91 bits per heavy atom. The van der Waals surface area contributed by atoms with Crippen LogP contribution >= 0.6 is 0 Å². The van der Waals surface area contributed by atoms with Crippen molar-refractivity contribution < 1.29 is 9.18 Å². The van der Waals surface area contributed by atoms with Crippen LogP contribution in [0.1, 0.15) is 29.8 Å². The predicted octanol–water partition coefficient (Wildman–Crippen LogP) is 3.31. The van der Waals surface area contributed by atoms with Gasteiger partial charge in [-0.2, -0.15) is 4.39 Å².